The predicted molar refractivity (Wildman–Crippen MR) is 61.7 cm³/mol. The lowest BCUT2D eigenvalue weighted by atomic mass is 10.4. The summed E-state index contributed by atoms with van der Waals surface area (Å²) in [5.41, 5.74) is 5.23. The zero-order valence-electron chi connectivity index (χ0n) is 7.53. The van der Waals surface area contributed by atoms with Gasteiger partial charge < -0.3 is 15.9 Å². The SMILES string of the molecule is NC(CSSCC(N=S)C(=O)O)C(=O)O. The Labute approximate surface area is 99.6 Å². The van der Waals surface area contributed by atoms with Gasteiger partial charge in [0.1, 0.15) is 6.04 Å². The van der Waals surface area contributed by atoms with E-state index >= 15 is 0 Å². The molecule has 0 bridgehead atoms. The van der Waals surface area contributed by atoms with Gasteiger partial charge in [0.25, 0.3) is 0 Å². The molecule has 0 saturated heterocycles. The molecule has 6 nitrogen and oxygen atoms in total. The average Bonchev–Trinajstić information content (AvgIpc) is 2.16. The van der Waals surface area contributed by atoms with Crippen molar-refractivity contribution in [2.24, 2.45) is 10.1 Å². The normalized spacial score (nSPS) is 14.2. The van der Waals surface area contributed by atoms with E-state index in [2.05, 4.69) is 16.8 Å². The van der Waals surface area contributed by atoms with Gasteiger partial charge in [0, 0.05) is 23.9 Å². The van der Waals surface area contributed by atoms with Crippen LogP contribution in [0.5, 0.6) is 0 Å². The van der Waals surface area contributed by atoms with Crippen molar-refractivity contribution >= 4 is 46.0 Å². The molecule has 2 atom stereocenters. The van der Waals surface area contributed by atoms with Crippen LogP contribution in [0, 0.1) is 0 Å². The van der Waals surface area contributed by atoms with Crippen LogP contribution in [0.2, 0.25) is 0 Å². The maximum absolute atomic E-state index is 10.5. The molecule has 0 aromatic carbocycles. The van der Waals surface area contributed by atoms with E-state index in [1.54, 1.807) is 0 Å². The maximum atomic E-state index is 10.5. The first kappa shape index (κ1) is 14.6. The summed E-state index contributed by atoms with van der Waals surface area (Å²) in [6.07, 6.45) is 0. The van der Waals surface area contributed by atoms with Crippen molar-refractivity contribution in [3.8, 4) is 0 Å². The van der Waals surface area contributed by atoms with Gasteiger partial charge in [0.05, 0.1) is 0 Å². The molecule has 9 heteroatoms. The number of rotatable bonds is 8. The summed E-state index contributed by atoms with van der Waals surface area (Å²) in [5.74, 6) is -1.74. The van der Waals surface area contributed by atoms with Crippen LogP contribution in [0.3, 0.4) is 0 Å². The highest BCUT2D eigenvalue weighted by Gasteiger charge is 2.17. The molecule has 2 unspecified atom stereocenters. The largest absolute Gasteiger partial charge is 0.480 e. The van der Waals surface area contributed by atoms with Crippen LogP contribution in [0.1, 0.15) is 0 Å². The minimum absolute atomic E-state index is 0.204. The Hall–Kier alpha value is -0.380. The first-order valence-corrected chi connectivity index (χ1v) is 6.62. The first-order valence-electron chi connectivity index (χ1n) is 3.77. The van der Waals surface area contributed by atoms with Crippen molar-refractivity contribution in [3.05, 3.63) is 0 Å². The summed E-state index contributed by atoms with van der Waals surface area (Å²) in [6, 6.07) is -1.87. The van der Waals surface area contributed by atoms with E-state index in [0.717, 1.165) is 0 Å². The van der Waals surface area contributed by atoms with E-state index in [0.29, 0.717) is 0 Å². The number of carboxylic acid groups (broad SMARTS) is 2. The van der Waals surface area contributed by atoms with Crippen molar-refractivity contribution in [2.75, 3.05) is 11.5 Å². The molecule has 0 heterocycles. The van der Waals surface area contributed by atoms with Crippen molar-refractivity contribution in [3.63, 3.8) is 0 Å². The molecule has 0 radical (unpaired) electrons. The van der Waals surface area contributed by atoms with E-state index < -0.39 is 24.0 Å². The van der Waals surface area contributed by atoms with Gasteiger partial charge >= 0.3 is 11.9 Å². The summed E-state index contributed by atoms with van der Waals surface area (Å²) in [7, 11) is 2.38. The molecule has 0 aromatic heterocycles. The summed E-state index contributed by atoms with van der Waals surface area (Å²) in [5, 5.41) is 17.0. The molecule has 0 fully saturated rings. The third-order valence-electron chi connectivity index (χ3n) is 1.29. The number of hydrogen-bond acceptors (Lipinski definition) is 7. The third-order valence-corrected chi connectivity index (χ3v) is 3.97. The molecule has 0 spiro atoms. The van der Waals surface area contributed by atoms with Crippen LogP contribution in [0.25, 0.3) is 0 Å². The molecule has 0 amide bonds. The van der Waals surface area contributed by atoms with Gasteiger partial charge in [-0.05, 0) is 0 Å². The van der Waals surface area contributed by atoms with E-state index in [-0.39, 0.29) is 11.5 Å². The van der Waals surface area contributed by atoms with Gasteiger partial charge in [0.2, 0.25) is 0 Å². The summed E-state index contributed by atoms with van der Waals surface area (Å²) < 4.78 is 3.24. The molecule has 86 valence electrons. The van der Waals surface area contributed by atoms with Crippen LogP contribution < -0.4 is 5.73 Å². The standard InChI is InChI=1S/C6H10N2O4S3/c7-3(5(9)10)1-14-15-2-4(8-13)6(11)12/h3-4H,1-2,7H2,(H,9,10)(H,11,12). The van der Waals surface area contributed by atoms with Crippen LogP contribution in [0.15, 0.2) is 4.36 Å². The summed E-state index contributed by atoms with van der Waals surface area (Å²) in [6.45, 7) is 0. The smallest absolute Gasteiger partial charge is 0.330 e. The lowest BCUT2D eigenvalue weighted by molar-refractivity contribution is -0.138. The quantitative estimate of drug-likeness (QED) is 0.416. The molecule has 4 N–H and O–H groups in total. The highest BCUT2D eigenvalue weighted by molar-refractivity contribution is 8.76. The Bertz CT molecular complexity index is 251. The van der Waals surface area contributed by atoms with Gasteiger partial charge in [-0.25, -0.2) is 9.16 Å². The van der Waals surface area contributed by atoms with Crippen molar-refractivity contribution in [1.82, 2.24) is 0 Å². The second-order valence-corrected chi connectivity index (χ2v) is 5.24. The van der Waals surface area contributed by atoms with Crippen LogP contribution >= 0.6 is 21.6 Å². The van der Waals surface area contributed by atoms with Crippen LogP contribution in [-0.2, 0) is 22.0 Å². The third kappa shape index (κ3) is 6.66. The van der Waals surface area contributed by atoms with Gasteiger partial charge in [-0.2, -0.15) is 0 Å². The highest BCUT2D eigenvalue weighted by Crippen LogP contribution is 2.23. The highest BCUT2D eigenvalue weighted by atomic mass is 33.1. The van der Waals surface area contributed by atoms with E-state index in [1.165, 1.54) is 21.6 Å². The Morgan fingerprint density at radius 3 is 2.20 bits per heavy atom. The fourth-order valence-electron chi connectivity index (χ4n) is 0.452. The monoisotopic (exact) mass is 270 g/mol. The van der Waals surface area contributed by atoms with E-state index in [4.69, 9.17) is 15.9 Å². The maximum Gasteiger partial charge on any atom is 0.330 e. The number of carbonyl (C=O) groups is 2. The first-order chi connectivity index (χ1) is 6.99. The zero-order chi connectivity index (χ0) is 11.8. The van der Waals surface area contributed by atoms with E-state index in [1.807, 2.05) is 0 Å². The van der Waals surface area contributed by atoms with Crippen molar-refractivity contribution in [2.45, 2.75) is 12.1 Å². The molecule has 0 aliphatic heterocycles. The van der Waals surface area contributed by atoms with Crippen LogP contribution in [0.4, 0.5) is 0 Å². The molecule has 0 aromatic rings. The fraction of sp³-hybridized carbons (Fsp3) is 0.667. The van der Waals surface area contributed by atoms with Gasteiger partial charge in [-0.3, -0.25) is 4.79 Å². The Balaban J connectivity index is 3.66. The fourth-order valence-corrected chi connectivity index (χ4v) is 2.94. The Morgan fingerprint density at radius 2 is 1.80 bits per heavy atom. The van der Waals surface area contributed by atoms with E-state index in [9.17, 15) is 9.59 Å². The molecule has 0 rings (SSSR count). The van der Waals surface area contributed by atoms with Gasteiger partial charge in [-0.1, -0.05) is 21.6 Å². The lowest BCUT2D eigenvalue weighted by Gasteiger charge is -2.06. The predicted octanol–water partition coefficient (Wildman–Crippen LogP) is -0.0366. The summed E-state index contributed by atoms with van der Waals surface area (Å²) >= 11 is 4.30. The molecule has 0 aliphatic rings. The van der Waals surface area contributed by atoms with Crippen molar-refractivity contribution in [1.29, 1.82) is 0 Å². The number of carboxylic acids is 2. The molecular weight excluding hydrogens is 260 g/mol. The molecule has 0 saturated carbocycles. The second-order valence-electron chi connectivity index (χ2n) is 2.47. The Kier molecular flexibility index (Phi) is 7.65. The minimum Gasteiger partial charge on any atom is -0.480 e. The molecule has 15 heavy (non-hydrogen) atoms. The zero-order valence-corrected chi connectivity index (χ0v) is 9.98. The van der Waals surface area contributed by atoms with Gasteiger partial charge in [-0.15, -0.1) is 0 Å². The molecule has 0 aliphatic carbocycles. The lowest BCUT2D eigenvalue weighted by Crippen LogP contribution is -2.32. The number of nitrogens with zero attached hydrogens (tertiary/aromatic N) is 1. The Morgan fingerprint density at radius 1 is 1.27 bits per heavy atom. The summed E-state index contributed by atoms with van der Waals surface area (Å²) in [4.78, 5) is 20.8. The second kappa shape index (κ2) is 7.85. The number of hydrogen-bond donors (Lipinski definition) is 3. The minimum atomic E-state index is -1.08. The van der Waals surface area contributed by atoms with Crippen LogP contribution in [-0.4, -0.2) is 45.7 Å². The number of nitrogens with two attached hydrogens (primary N) is 1. The van der Waals surface area contributed by atoms with Crippen molar-refractivity contribution < 1.29 is 19.8 Å². The molecular formula is C6H10N2O4S3. The topological polar surface area (TPSA) is 113 Å². The average molecular weight is 270 g/mol. The van der Waals surface area contributed by atoms with Gasteiger partial charge in [0.15, 0.2) is 6.04 Å². The number of aliphatic carboxylic acids is 2.